The van der Waals surface area contributed by atoms with Crippen LogP contribution >= 0.6 is 0 Å². The van der Waals surface area contributed by atoms with Crippen molar-refractivity contribution in [1.29, 1.82) is 0 Å². The van der Waals surface area contributed by atoms with Crippen LogP contribution in [0.25, 0.3) is 10.9 Å². The summed E-state index contributed by atoms with van der Waals surface area (Å²) in [6.07, 6.45) is 5.89. The number of carbonyl (C=O) groups excluding carboxylic acids is 2. The van der Waals surface area contributed by atoms with Gasteiger partial charge in [-0.1, -0.05) is 6.07 Å². The number of esters is 1. The predicted octanol–water partition coefficient (Wildman–Crippen LogP) is 2.72. The summed E-state index contributed by atoms with van der Waals surface area (Å²) in [5.41, 5.74) is 6.95. The largest absolute Gasteiger partial charge is 0.469 e. The molecule has 1 aliphatic rings. The Bertz CT molecular complexity index is 727. The van der Waals surface area contributed by atoms with Gasteiger partial charge in [-0.15, -0.1) is 0 Å². The van der Waals surface area contributed by atoms with Crippen LogP contribution < -0.4 is 5.73 Å². The van der Waals surface area contributed by atoms with Crippen LogP contribution in [-0.4, -0.2) is 23.6 Å². The Kier molecular flexibility index (Phi) is 4.37. The van der Waals surface area contributed by atoms with Crippen LogP contribution in [0.3, 0.4) is 0 Å². The number of benzene rings is 1. The highest BCUT2D eigenvalue weighted by Gasteiger charge is 2.27. The highest BCUT2D eigenvalue weighted by molar-refractivity contribution is 5.97. The number of rotatable bonds is 4. The average molecular weight is 314 g/mol. The monoisotopic (exact) mass is 314 g/mol. The summed E-state index contributed by atoms with van der Waals surface area (Å²) < 4.78 is 7.02. The zero-order valence-electron chi connectivity index (χ0n) is 13.3. The van der Waals surface area contributed by atoms with Gasteiger partial charge in [0, 0.05) is 23.8 Å². The van der Waals surface area contributed by atoms with Crippen LogP contribution in [0.5, 0.6) is 0 Å². The first-order valence-corrected chi connectivity index (χ1v) is 8.05. The van der Waals surface area contributed by atoms with Crippen molar-refractivity contribution in [2.45, 2.75) is 32.2 Å². The summed E-state index contributed by atoms with van der Waals surface area (Å²) in [6.45, 7) is 0.902. The van der Waals surface area contributed by atoms with Gasteiger partial charge in [-0.05, 0) is 55.2 Å². The molecule has 0 radical (unpaired) electrons. The van der Waals surface area contributed by atoms with Gasteiger partial charge in [0.05, 0.1) is 13.0 Å². The number of amides is 1. The van der Waals surface area contributed by atoms with Gasteiger partial charge in [0.15, 0.2) is 0 Å². The Morgan fingerprint density at radius 3 is 2.61 bits per heavy atom. The number of aromatic nitrogens is 1. The molecule has 0 spiro atoms. The van der Waals surface area contributed by atoms with E-state index in [9.17, 15) is 9.59 Å². The molecule has 5 heteroatoms. The Morgan fingerprint density at radius 2 is 1.96 bits per heavy atom. The zero-order chi connectivity index (χ0) is 16.4. The predicted molar refractivity (Wildman–Crippen MR) is 87.9 cm³/mol. The topological polar surface area (TPSA) is 74.3 Å². The molecule has 1 aromatic heterocycles. The number of ether oxygens (including phenoxy) is 1. The maximum atomic E-state index is 11.6. The smallest absolute Gasteiger partial charge is 0.308 e. The molecule has 1 aliphatic carbocycles. The lowest BCUT2D eigenvalue weighted by Gasteiger charge is -2.27. The van der Waals surface area contributed by atoms with Crippen LogP contribution in [0.2, 0.25) is 0 Å². The fraction of sp³-hybridized carbons (Fsp3) is 0.444. The normalized spacial score (nSPS) is 21.3. The SMILES string of the molecule is COC(=O)C1CCC(Cn2ccc3ccc(C(N)=O)cc32)CC1. The number of methoxy groups -OCH3 is 1. The lowest BCUT2D eigenvalue weighted by atomic mass is 9.82. The minimum Gasteiger partial charge on any atom is -0.469 e. The Hall–Kier alpha value is -2.30. The molecule has 0 aliphatic heterocycles. The lowest BCUT2D eigenvalue weighted by Crippen LogP contribution is -2.24. The molecule has 0 unspecified atom stereocenters. The molecule has 5 nitrogen and oxygen atoms in total. The van der Waals surface area contributed by atoms with E-state index in [1.165, 1.54) is 7.11 Å². The van der Waals surface area contributed by atoms with E-state index in [-0.39, 0.29) is 11.9 Å². The standard InChI is InChI=1S/C18H22N2O3/c1-23-18(22)14-4-2-12(3-5-14)11-20-9-8-13-6-7-15(17(19)21)10-16(13)20/h6-10,12,14H,2-5,11H2,1H3,(H2,19,21). The highest BCUT2D eigenvalue weighted by Crippen LogP contribution is 2.31. The van der Waals surface area contributed by atoms with E-state index in [0.717, 1.165) is 43.1 Å². The van der Waals surface area contributed by atoms with E-state index in [4.69, 9.17) is 10.5 Å². The van der Waals surface area contributed by atoms with Crippen molar-refractivity contribution in [3.8, 4) is 0 Å². The van der Waals surface area contributed by atoms with Gasteiger partial charge < -0.3 is 15.0 Å². The molecular weight excluding hydrogens is 292 g/mol. The zero-order valence-corrected chi connectivity index (χ0v) is 13.3. The maximum Gasteiger partial charge on any atom is 0.308 e. The van der Waals surface area contributed by atoms with Crippen LogP contribution in [0.1, 0.15) is 36.0 Å². The first-order chi connectivity index (χ1) is 11.1. The van der Waals surface area contributed by atoms with Gasteiger partial charge in [0.2, 0.25) is 5.91 Å². The molecule has 23 heavy (non-hydrogen) atoms. The van der Waals surface area contributed by atoms with E-state index in [2.05, 4.69) is 16.8 Å². The van der Waals surface area contributed by atoms with Gasteiger partial charge in [-0.2, -0.15) is 0 Å². The van der Waals surface area contributed by atoms with Crippen molar-refractivity contribution in [1.82, 2.24) is 4.57 Å². The summed E-state index contributed by atoms with van der Waals surface area (Å²) in [5, 5.41) is 1.11. The number of carbonyl (C=O) groups is 2. The minimum atomic E-state index is -0.404. The summed E-state index contributed by atoms with van der Waals surface area (Å²) >= 11 is 0. The fourth-order valence-corrected chi connectivity index (χ4v) is 3.52. The summed E-state index contributed by atoms with van der Waals surface area (Å²) in [7, 11) is 1.46. The van der Waals surface area contributed by atoms with Gasteiger partial charge >= 0.3 is 5.97 Å². The number of primary amides is 1. The van der Waals surface area contributed by atoms with Crippen molar-refractivity contribution in [3.05, 3.63) is 36.0 Å². The lowest BCUT2D eigenvalue weighted by molar-refractivity contribution is -0.146. The van der Waals surface area contributed by atoms with Crippen molar-refractivity contribution >= 4 is 22.8 Å². The van der Waals surface area contributed by atoms with E-state index in [1.54, 1.807) is 6.07 Å². The summed E-state index contributed by atoms with van der Waals surface area (Å²) in [6, 6.07) is 7.61. The van der Waals surface area contributed by atoms with Crippen molar-refractivity contribution in [2.24, 2.45) is 17.6 Å². The minimum absolute atomic E-state index is 0.0547. The quantitative estimate of drug-likeness (QED) is 0.882. The average Bonchev–Trinajstić information content (AvgIpc) is 2.97. The first kappa shape index (κ1) is 15.6. The molecular formula is C18H22N2O3. The molecule has 3 rings (SSSR count). The van der Waals surface area contributed by atoms with Crippen molar-refractivity contribution < 1.29 is 14.3 Å². The molecule has 1 saturated carbocycles. The molecule has 1 aromatic carbocycles. The molecule has 1 fully saturated rings. The summed E-state index contributed by atoms with van der Waals surface area (Å²) in [4.78, 5) is 23.0. The molecule has 0 bridgehead atoms. The second-order valence-corrected chi connectivity index (χ2v) is 6.35. The molecule has 2 N–H and O–H groups in total. The molecule has 122 valence electrons. The molecule has 0 saturated heterocycles. The number of hydrogen-bond acceptors (Lipinski definition) is 3. The van der Waals surface area contributed by atoms with Gasteiger partial charge in [0.1, 0.15) is 0 Å². The van der Waals surface area contributed by atoms with E-state index < -0.39 is 5.91 Å². The van der Waals surface area contributed by atoms with Crippen molar-refractivity contribution in [2.75, 3.05) is 7.11 Å². The van der Waals surface area contributed by atoms with Crippen LogP contribution in [0.4, 0.5) is 0 Å². The third-order valence-corrected chi connectivity index (χ3v) is 4.89. The van der Waals surface area contributed by atoms with Crippen LogP contribution in [0, 0.1) is 11.8 Å². The first-order valence-electron chi connectivity index (χ1n) is 8.05. The van der Waals surface area contributed by atoms with Crippen LogP contribution in [0.15, 0.2) is 30.5 Å². The van der Waals surface area contributed by atoms with Gasteiger partial charge in [-0.25, -0.2) is 0 Å². The number of fused-ring (bicyclic) bond motifs is 1. The maximum absolute atomic E-state index is 11.6. The van der Waals surface area contributed by atoms with Crippen LogP contribution in [-0.2, 0) is 16.1 Å². The summed E-state index contributed by atoms with van der Waals surface area (Å²) in [5.74, 6) is 0.113. The molecule has 2 aromatic rings. The molecule has 0 atom stereocenters. The highest BCUT2D eigenvalue weighted by atomic mass is 16.5. The van der Waals surface area contributed by atoms with E-state index in [0.29, 0.717) is 11.5 Å². The Labute approximate surface area is 135 Å². The Morgan fingerprint density at radius 1 is 1.22 bits per heavy atom. The third-order valence-electron chi connectivity index (χ3n) is 4.89. The fourth-order valence-electron chi connectivity index (χ4n) is 3.52. The van der Waals surface area contributed by atoms with Gasteiger partial charge in [-0.3, -0.25) is 9.59 Å². The second kappa shape index (κ2) is 6.44. The number of nitrogens with two attached hydrogens (primary N) is 1. The number of hydrogen-bond donors (Lipinski definition) is 1. The molecule has 1 heterocycles. The van der Waals surface area contributed by atoms with E-state index in [1.807, 2.05) is 12.1 Å². The Balaban J connectivity index is 1.71. The second-order valence-electron chi connectivity index (χ2n) is 6.35. The van der Waals surface area contributed by atoms with Crippen molar-refractivity contribution in [3.63, 3.8) is 0 Å². The molecule has 1 amide bonds. The number of nitrogens with zero attached hydrogens (tertiary/aromatic N) is 1. The third kappa shape index (κ3) is 3.23. The van der Waals surface area contributed by atoms with E-state index >= 15 is 0 Å². The van der Waals surface area contributed by atoms with Gasteiger partial charge in [0.25, 0.3) is 0 Å².